The minimum Gasteiger partial charge on any atom is -0.352 e. The van der Waals surface area contributed by atoms with Gasteiger partial charge in [-0.25, -0.2) is 0 Å². The first-order valence-electron chi connectivity index (χ1n) is 5.84. The maximum absolute atomic E-state index is 5.48. The zero-order valence-electron chi connectivity index (χ0n) is 9.99. The van der Waals surface area contributed by atoms with Gasteiger partial charge in [-0.05, 0) is 20.3 Å². The molecule has 2 unspecified atom stereocenters. The zero-order chi connectivity index (χ0) is 11.1. The minimum absolute atomic E-state index is 0.0825. The molecule has 0 aromatic heterocycles. The van der Waals surface area contributed by atoms with Crippen molar-refractivity contribution in [2.45, 2.75) is 44.8 Å². The van der Waals surface area contributed by atoms with Crippen LogP contribution in [-0.4, -0.2) is 43.1 Å². The van der Waals surface area contributed by atoms with Crippen LogP contribution < -0.4 is 5.32 Å². The summed E-state index contributed by atoms with van der Waals surface area (Å²) in [5.74, 6) is 1.21. The first kappa shape index (κ1) is 13.3. The molecule has 0 spiro atoms. The van der Waals surface area contributed by atoms with E-state index in [0.717, 1.165) is 11.8 Å². The number of hydrogen-bond acceptors (Lipinski definition) is 4. The van der Waals surface area contributed by atoms with Gasteiger partial charge in [0.1, 0.15) is 0 Å². The van der Waals surface area contributed by atoms with Gasteiger partial charge in [0.15, 0.2) is 6.29 Å². The first-order valence-corrected chi connectivity index (χ1v) is 6.89. The highest BCUT2D eigenvalue weighted by atomic mass is 32.2. The van der Waals surface area contributed by atoms with Crippen LogP contribution in [0.1, 0.15) is 27.2 Å². The Hall–Kier alpha value is 0.230. The number of nitrogens with one attached hydrogen (secondary N) is 1. The Kier molecular flexibility index (Phi) is 6.64. The second kappa shape index (κ2) is 7.49. The molecular formula is C11H23NO2S. The van der Waals surface area contributed by atoms with Crippen LogP contribution in [0.2, 0.25) is 0 Å². The highest BCUT2D eigenvalue weighted by Crippen LogP contribution is 2.25. The summed E-state index contributed by atoms with van der Waals surface area (Å²) in [5, 5.41) is 4.30. The zero-order valence-corrected chi connectivity index (χ0v) is 10.8. The third-order valence-electron chi connectivity index (χ3n) is 2.48. The Bertz CT molecular complexity index is 163. The maximum atomic E-state index is 5.48. The molecule has 15 heavy (non-hydrogen) atoms. The second-order valence-electron chi connectivity index (χ2n) is 3.83. The van der Waals surface area contributed by atoms with Crippen molar-refractivity contribution in [2.24, 2.45) is 0 Å². The molecule has 4 heteroatoms. The molecular weight excluding hydrogens is 210 g/mol. The fourth-order valence-corrected chi connectivity index (χ4v) is 2.94. The normalized spacial score (nSPS) is 26.4. The van der Waals surface area contributed by atoms with Crippen molar-refractivity contribution in [3.8, 4) is 0 Å². The number of rotatable bonds is 7. The van der Waals surface area contributed by atoms with Crippen LogP contribution in [-0.2, 0) is 9.47 Å². The molecule has 1 aliphatic rings. The fraction of sp³-hybridized carbons (Fsp3) is 1.00. The van der Waals surface area contributed by atoms with Crippen LogP contribution in [0.3, 0.4) is 0 Å². The fourth-order valence-electron chi connectivity index (χ4n) is 1.76. The predicted octanol–water partition coefficient (Wildman–Crippen LogP) is 1.87. The molecule has 90 valence electrons. The molecule has 0 amide bonds. The van der Waals surface area contributed by atoms with Gasteiger partial charge in [-0.15, -0.1) is 0 Å². The largest absolute Gasteiger partial charge is 0.352 e. The van der Waals surface area contributed by atoms with Gasteiger partial charge in [0.25, 0.3) is 0 Å². The molecule has 0 aromatic carbocycles. The summed E-state index contributed by atoms with van der Waals surface area (Å²) in [5.41, 5.74) is 0. The molecule has 0 bridgehead atoms. The van der Waals surface area contributed by atoms with E-state index >= 15 is 0 Å². The summed E-state index contributed by atoms with van der Waals surface area (Å²) < 4.78 is 11.0. The Balaban J connectivity index is 2.15. The molecule has 0 aromatic rings. The van der Waals surface area contributed by atoms with Crippen LogP contribution in [0.4, 0.5) is 0 Å². The number of hydrogen-bond donors (Lipinski definition) is 1. The molecule has 2 atom stereocenters. The van der Waals surface area contributed by atoms with Gasteiger partial charge in [-0.3, -0.25) is 0 Å². The lowest BCUT2D eigenvalue weighted by Crippen LogP contribution is -2.38. The van der Waals surface area contributed by atoms with E-state index in [1.807, 2.05) is 25.6 Å². The molecule has 1 fully saturated rings. The van der Waals surface area contributed by atoms with Gasteiger partial charge in [-0.2, -0.15) is 11.8 Å². The van der Waals surface area contributed by atoms with Crippen LogP contribution in [0.25, 0.3) is 0 Å². The Morgan fingerprint density at radius 1 is 1.33 bits per heavy atom. The van der Waals surface area contributed by atoms with Crippen LogP contribution >= 0.6 is 11.8 Å². The molecule has 1 N–H and O–H groups in total. The number of ether oxygens (including phenoxy) is 2. The lowest BCUT2D eigenvalue weighted by molar-refractivity contribution is -0.133. The molecule has 1 heterocycles. The Labute approximate surface area is 97.3 Å². The highest BCUT2D eigenvalue weighted by Gasteiger charge is 2.22. The molecule has 0 radical (unpaired) electrons. The Morgan fingerprint density at radius 3 is 2.47 bits per heavy atom. The van der Waals surface area contributed by atoms with Crippen molar-refractivity contribution in [1.82, 2.24) is 5.32 Å². The topological polar surface area (TPSA) is 30.5 Å². The van der Waals surface area contributed by atoms with Crippen LogP contribution in [0.5, 0.6) is 0 Å². The van der Waals surface area contributed by atoms with E-state index in [-0.39, 0.29) is 6.29 Å². The second-order valence-corrected chi connectivity index (χ2v) is 5.30. The molecule has 0 saturated carbocycles. The molecule has 1 saturated heterocycles. The van der Waals surface area contributed by atoms with Crippen LogP contribution in [0, 0.1) is 0 Å². The summed E-state index contributed by atoms with van der Waals surface area (Å²) in [7, 11) is 0. The van der Waals surface area contributed by atoms with Crippen molar-refractivity contribution in [2.75, 3.05) is 25.5 Å². The molecule has 1 rings (SSSR count). The number of thioether (sulfide) groups is 1. The summed E-state index contributed by atoms with van der Waals surface area (Å²) in [4.78, 5) is 0. The third kappa shape index (κ3) is 5.20. The third-order valence-corrected chi connectivity index (χ3v) is 3.83. The van der Waals surface area contributed by atoms with Gasteiger partial charge >= 0.3 is 0 Å². The quantitative estimate of drug-likeness (QED) is 0.680. The summed E-state index contributed by atoms with van der Waals surface area (Å²) in [6, 6.07) is 0.633. The van der Waals surface area contributed by atoms with Crippen molar-refractivity contribution >= 4 is 11.8 Å². The highest BCUT2D eigenvalue weighted by molar-refractivity contribution is 8.00. The minimum atomic E-state index is -0.0825. The van der Waals surface area contributed by atoms with E-state index in [9.17, 15) is 0 Å². The maximum Gasteiger partial charge on any atom is 0.169 e. The molecule has 1 aliphatic heterocycles. The van der Waals surface area contributed by atoms with E-state index in [2.05, 4.69) is 12.2 Å². The Morgan fingerprint density at radius 2 is 2.00 bits per heavy atom. The predicted molar refractivity (Wildman–Crippen MR) is 65.4 cm³/mol. The van der Waals surface area contributed by atoms with E-state index in [1.165, 1.54) is 12.2 Å². The summed E-state index contributed by atoms with van der Waals surface area (Å²) >= 11 is 2.04. The average molecular weight is 233 g/mol. The van der Waals surface area contributed by atoms with Gasteiger partial charge in [0.2, 0.25) is 0 Å². The van der Waals surface area contributed by atoms with E-state index in [0.29, 0.717) is 19.3 Å². The van der Waals surface area contributed by atoms with Crippen molar-refractivity contribution in [3.05, 3.63) is 0 Å². The van der Waals surface area contributed by atoms with E-state index in [1.54, 1.807) is 0 Å². The standard InChI is InChI=1S/C11H23NO2S/c1-4-13-11(14-5-2)7-12-10-6-9(3)15-8-10/h9-12H,4-8H2,1-3H3. The van der Waals surface area contributed by atoms with Gasteiger partial charge < -0.3 is 14.8 Å². The summed E-state index contributed by atoms with van der Waals surface area (Å²) in [6.45, 7) is 8.51. The first-order chi connectivity index (χ1) is 7.26. The summed E-state index contributed by atoms with van der Waals surface area (Å²) in [6.07, 6.45) is 1.18. The smallest absolute Gasteiger partial charge is 0.169 e. The monoisotopic (exact) mass is 233 g/mol. The lowest BCUT2D eigenvalue weighted by atomic mass is 10.2. The van der Waals surface area contributed by atoms with Gasteiger partial charge in [0, 0.05) is 36.8 Å². The SMILES string of the molecule is CCOC(CNC1CSC(C)C1)OCC. The van der Waals surface area contributed by atoms with E-state index < -0.39 is 0 Å². The van der Waals surface area contributed by atoms with Gasteiger partial charge in [0.05, 0.1) is 0 Å². The van der Waals surface area contributed by atoms with Gasteiger partial charge in [-0.1, -0.05) is 6.92 Å². The van der Waals surface area contributed by atoms with Crippen molar-refractivity contribution < 1.29 is 9.47 Å². The van der Waals surface area contributed by atoms with Crippen LogP contribution in [0.15, 0.2) is 0 Å². The lowest BCUT2D eigenvalue weighted by Gasteiger charge is -2.20. The van der Waals surface area contributed by atoms with Crippen molar-refractivity contribution in [1.29, 1.82) is 0 Å². The molecule has 0 aliphatic carbocycles. The average Bonchev–Trinajstić information content (AvgIpc) is 2.61. The van der Waals surface area contributed by atoms with Crippen molar-refractivity contribution in [3.63, 3.8) is 0 Å². The molecule has 3 nitrogen and oxygen atoms in total. The van der Waals surface area contributed by atoms with E-state index in [4.69, 9.17) is 9.47 Å².